The van der Waals surface area contributed by atoms with Gasteiger partial charge in [0.05, 0.1) is 5.57 Å². The molecule has 1 N–H and O–H groups in total. The van der Waals surface area contributed by atoms with Crippen molar-refractivity contribution in [2.45, 2.75) is 25.7 Å². The maximum Gasteiger partial charge on any atom is 0.170 e. The monoisotopic (exact) mass is 230 g/mol. The van der Waals surface area contributed by atoms with Crippen LogP contribution in [0.4, 0.5) is 0 Å². The molecule has 3 heteroatoms. The van der Waals surface area contributed by atoms with Crippen molar-refractivity contribution in [3.8, 4) is 0 Å². The zero-order valence-corrected chi connectivity index (χ0v) is 9.64. The fourth-order valence-corrected chi connectivity index (χ4v) is 2.12. The van der Waals surface area contributed by atoms with E-state index in [1.54, 1.807) is 0 Å². The number of hydrogen-bond donors (Lipinski definition) is 1. The van der Waals surface area contributed by atoms with E-state index in [-0.39, 0.29) is 23.0 Å². The molecule has 0 saturated carbocycles. The summed E-state index contributed by atoms with van der Waals surface area (Å²) >= 11 is 0. The van der Waals surface area contributed by atoms with Crippen LogP contribution in [0.25, 0.3) is 0 Å². The Morgan fingerprint density at radius 1 is 1.24 bits per heavy atom. The number of allylic oxidation sites excluding steroid dienone is 2. The predicted octanol–water partition coefficient (Wildman–Crippen LogP) is 2.45. The number of carbonyl (C=O) groups is 2. The van der Waals surface area contributed by atoms with E-state index in [4.69, 9.17) is 0 Å². The van der Waals surface area contributed by atoms with Crippen molar-refractivity contribution in [3.05, 3.63) is 46.7 Å². The summed E-state index contributed by atoms with van der Waals surface area (Å²) in [5.74, 6) is -0.372. The summed E-state index contributed by atoms with van der Waals surface area (Å²) in [6.07, 6.45) is 1.10. The zero-order valence-electron chi connectivity index (χ0n) is 9.64. The van der Waals surface area contributed by atoms with Gasteiger partial charge in [0, 0.05) is 12.8 Å². The molecule has 88 valence electrons. The highest BCUT2D eigenvalue weighted by Crippen LogP contribution is 2.32. The molecule has 1 aromatic carbocycles. The Bertz CT molecular complexity index is 483. The number of Topliss-reactive ketones (excluding diaryl/α,β-unsaturated/α-hetero) is 1. The first-order chi connectivity index (χ1) is 8.11. The molecule has 0 heterocycles. The number of ketones is 1. The van der Waals surface area contributed by atoms with E-state index in [0.29, 0.717) is 19.1 Å². The number of aliphatic hydroxyl groups excluding tert-OH is 1. The van der Waals surface area contributed by atoms with E-state index in [2.05, 4.69) is 0 Å². The summed E-state index contributed by atoms with van der Waals surface area (Å²) in [7, 11) is 0. The van der Waals surface area contributed by atoms with E-state index in [9.17, 15) is 14.7 Å². The van der Waals surface area contributed by atoms with E-state index < -0.39 is 0 Å². The lowest BCUT2D eigenvalue weighted by Crippen LogP contribution is -2.19. The molecule has 1 aliphatic carbocycles. The molecule has 0 saturated heterocycles. The Hall–Kier alpha value is -1.90. The molecule has 0 amide bonds. The van der Waals surface area contributed by atoms with Gasteiger partial charge in [-0.3, -0.25) is 9.59 Å². The summed E-state index contributed by atoms with van der Waals surface area (Å²) in [6.45, 7) is 2.00. The summed E-state index contributed by atoms with van der Waals surface area (Å²) in [5.41, 5.74) is 2.12. The topological polar surface area (TPSA) is 54.4 Å². The van der Waals surface area contributed by atoms with Crippen molar-refractivity contribution in [2.24, 2.45) is 0 Å². The predicted molar refractivity (Wildman–Crippen MR) is 63.9 cm³/mol. The lowest BCUT2D eigenvalue weighted by molar-refractivity contribution is -0.118. The molecule has 0 aromatic heterocycles. The molecule has 0 spiro atoms. The molecule has 3 nitrogen and oxygen atoms in total. The third-order valence-corrected chi connectivity index (χ3v) is 3.15. The highest BCUT2D eigenvalue weighted by molar-refractivity contribution is 6.13. The van der Waals surface area contributed by atoms with Gasteiger partial charge in [0.2, 0.25) is 0 Å². The van der Waals surface area contributed by atoms with Gasteiger partial charge in [-0.25, -0.2) is 0 Å². The SMILES string of the molecule is Cc1ccc(C2CC(=O)C(C=O)=C(O)C2)cc1. The molecule has 1 aliphatic rings. The summed E-state index contributed by atoms with van der Waals surface area (Å²) in [4.78, 5) is 22.3. The lowest BCUT2D eigenvalue weighted by Gasteiger charge is -2.21. The zero-order chi connectivity index (χ0) is 12.4. The van der Waals surface area contributed by atoms with Crippen LogP contribution in [-0.2, 0) is 9.59 Å². The Morgan fingerprint density at radius 2 is 1.88 bits per heavy atom. The van der Waals surface area contributed by atoms with Crippen molar-refractivity contribution < 1.29 is 14.7 Å². The second-order valence-corrected chi connectivity index (χ2v) is 4.42. The van der Waals surface area contributed by atoms with Gasteiger partial charge in [0.15, 0.2) is 12.1 Å². The van der Waals surface area contributed by atoms with Crippen LogP contribution in [0.1, 0.15) is 29.9 Å². The Kier molecular flexibility index (Phi) is 3.09. The lowest BCUT2D eigenvalue weighted by atomic mass is 9.83. The van der Waals surface area contributed by atoms with Crippen molar-refractivity contribution in [3.63, 3.8) is 0 Å². The Balaban J connectivity index is 2.27. The molecule has 0 fully saturated rings. The van der Waals surface area contributed by atoms with Gasteiger partial charge >= 0.3 is 0 Å². The number of benzene rings is 1. The molecule has 2 rings (SSSR count). The van der Waals surface area contributed by atoms with E-state index >= 15 is 0 Å². The van der Waals surface area contributed by atoms with Crippen molar-refractivity contribution >= 4 is 12.1 Å². The molecule has 1 unspecified atom stereocenters. The highest BCUT2D eigenvalue weighted by Gasteiger charge is 2.28. The van der Waals surface area contributed by atoms with Crippen LogP contribution in [0, 0.1) is 6.92 Å². The molecule has 0 aliphatic heterocycles. The normalized spacial score (nSPS) is 20.5. The van der Waals surface area contributed by atoms with Crippen molar-refractivity contribution in [1.29, 1.82) is 0 Å². The van der Waals surface area contributed by atoms with E-state index in [1.165, 1.54) is 0 Å². The van der Waals surface area contributed by atoms with Gasteiger partial charge in [0.25, 0.3) is 0 Å². The smallest absolute Gasteiger partial charge is 0.170 e. The second-order valence-electron chi connectivity index (χ2n) is 4.42. The average molecular weight is 230 g/mol. The van der Waals surface area contributed by atoms with Gasteiger partial charge < -0.3 is 5.11 Å². The molecular formula is C14H14O3. The first-order valence-corrected chi connectivity index (χ1v) is 5.59. The van der Waals surface area contributed by atoms with Crippen LogP contribution in [0.15, 0.2) is 35.6 Å². The Labute approximate surface area is 99.8 Å². The average Bonchev–Trinajstić information content (AvgIpc) is 2.29. The molecule has 0 radical (unpaired) electrons. The maximum absolute atomic E-state index is 11.6. The third-order valence-electron chi connectivity index (χ3n) is 3.15. The van der Waals surface area contributed by atoms with Crippen molar-refractivity contribution in [1.82, 2.24) is 0 Å². The van der Waals surface area contributed by atoms with E-state index in [1.807, 2.05) is 31.2 Å². The highest BCUT2D eigenvalue weighted by atomic mass is 16.3. The number of aryl methyl sites for hydroxylation is 1. The fourth-order valence-electron chi connectivity index (χ4n) is 2.12. The Morgan fingerprint density at radius 3 is 2.41 bits per heavy atom. The quantitative estimate of drug-likeness (QED) is 0.627. The number of carbonyl (C=O) groups excluding carboxylic acids is 2. The van der Waals surface area contributed by atoms with Gasteiger partial charge in [-0.2, -0.15) is 0 Å². The van der Waals surface area contributed by atoms with Gasteiger partial charge in [0.1, 0.15) is 5.76 Å². The van der Waals surface area contributed by atoms with Crippen LogP contribution >= 0.6 is 0 Å². The van der Waals surface area contributed by atoms with E-state index in [0.717, 1.165) is 11.1 Å². The van der Waals surface area contributed by atoms with Crippen molar-refractivity contribution in [2.75, 3.05) is 0 Å². The van der Waals surface area contributed by atoms with Gasteiger partial charge in [-0.05, 0) is 18.4 Å². The number of rotatable bonds is 2. The standard InChI is InChI=1S/C14H14O3/c1-9-2-4-10(5-3-9)11-6-13(16)12(8-15)14(17)7-11/h2-5,8,11,16H,6-7H2,1H3. The summed E-state index contributed by atoms with van der Waals surface area (Å²) < 4.78 is 0. The minimum absolute atomic E-state index is 0.0215. The van der Waals surface area contributed by atoms with Crippen LogP contribution < -0.4 is 0 Å². The maximum atomic E-state index is 11.6. The second kappa shape index (κ2) is 4.53. The number of hydrogen-bond acceptors (Lipinski definition) is 3. The molecule has 17 heavy (non-hydrogen) atoms. The van der Waals surface area contributed by atoms with Gasteiger partial charge in [-0.1, -0.05) is 29.8 Å². The van der Waals surface area contributed by atoms with Crippen LogP contribution in [0.3, 0.4) is 0 Å². The summed E-state index contributed by atoms with van der Waals surface area (Å²) in [5, 5.41) is 9.65. The fraction of sp³-hybridized carbons (Fsp3) is 0.286. The van der Waals surface area contributed by atoms with Crippen LogP contribution in [0.5, 0.6) is 0 Å². The van der Waals surface area contributed by atoms with Crippen LogP contribution in [-0.4, -0.2) is 17.2 Å². The van der Waals surface area contributed by atoms with Gasteiger partial charge in [-0.15, -0.1) is 0 Å². The summed E-state index contributed by atoms with van der Waals surface area (Å²) in [6, 6.07) is 7.89. The largest absolute Gasteiger partial charge is 0.511 e. The molecule has 0 bridgehead atoms. The van der Waals surface area contributed by atoms with Crippen LogP contribution in [0.2, 0.25) is 0 Å². The first-order valence-electron chi connectivity index (χ1n) is 5.59. The number of aliphatic hydroxyl groups is 1. The minimum atomic E-state index is -0.269. The first kappa shape index (κ1) is 11.6. The number of aldehydes is 1. The molecular weight excluding hydrogens is 216 g/mol. The molecule has 1 atom stereocenters. The minimum Gasteiger partial charge on any atom is -0.511 e. The third kappa shape index (κ3) is 2.28. The molecule has 1 aromatic rings.